The molecule has 2 aromatic carbocycles. The summed E-state index contributed by atoms with van der Waals surface area (Å²) in [4.78, 5) is 40.6. The molecule has 0 unspecified atom stereocenters. The number of nitro groups is 1. The summed E-state index contributed by atoms with van der Waals surface area (Å²) in [5.41, 5.74) is 3.66. The lowest BCUT2D eigenvalue weighted by molar-refractivity contribution is -0.384. The Labute approximate surface area is 183 Å². The van der Waals surface area contributed by atoms with E-state index in [1.807, 2.05) is 24.3 Å². The zero-order valence-corrected chi connectivity index (χ0v) is 17.2. The summed E-state index contributed by atoms with van der Waals surface area (Å²) in [6, 6.07) is 12.3. The summed E-state index contributed by atoms with van der Waals surface area (Å²) < 4.78 is 0. The first-order chi connectivity index (χ1) is 15.4. The molecule has 9 nitrogen and oxygen atoms in total. The van der Waals surface area contributed by atoms with E-state index in [2.05, 4.69) is 10.3 Å². The van der Waals surface area contributed by atoms with Crippen LogP contribution in [0.5, 0.6) is 0 Å². The van der Waals surface area contributed by atoms with Gasteiger partial charge in [-0.15, -0.1) is 0 Å². The third kappa shape index (κ3) is 3.31. The number of nitro benzene ring substituents is 1. The molecule has 3 N–H and O–H groups in total. The molecule has 0 spiro atoms. The van der Waals surface area contributed by atoms with Gasteiger partial charge in [0.25, 0.3) is 5.69 Å². The Balaban J connectivity index is 1.55. The van der Waals surface area contributed by atoms with Gasteiger partial charge in [0.15, 0.2) is 0 Å². The number of carbonyl (C=O) groups excluding carboxylic acids is 1. The normalized spacial score (nSPS) is 22.6. The third-order valence-corrected chi connectivity index (χ3v) is 6.47. The Kier molecular flexibility index (Phi) is 4.90. The van der Waals surface area contributed by atoms with E-state index in [0.29, 0.717) is 25.8 Å². The highest BCUT2D eigenvalue weighted by Crippen LogP contribution is 2.36. The molecule has 32 heavy (non-hydrogen) atoms. The Morgan fingerprint density at radius 1 is 1.12 bits per heavy atom. The number of carboxylic acid groups (broad SMARTS) is 1. The highest BCUT2D eigenvalue weighted by Gasteiger charge is 2.41. The average Bonchev–Trinajstić information content (AvgIpc) is 3.43. The maximum atomic E-state index is 13.4. The molecule has 3 atom stereocenters. The molecule has 0 radical (unpaired) electrons. The van der Waals surface area contributed by atoms with E-state index in [1.54, 1.807) is 12.1 Å². The highest BCUT2D eigenvalue weighted by molar-refractivity contribution is 5.91. The molecule has 1 amide bonds. The van der Waals surface area contributed by atoms with Gasteiger partial charge in [-0.1, -0.05) is 30.3 Å². The van der Waals surface area contributed by atoms with E-state index in [0.717, 1.165) is 27.7 Å². The Hall–Kier alpha value is -3.72. The molecule has 5 rings (SSSR count). The number of amides is 1. The van der Waals surface area contributed by atoms with E-state index < -0.39 is 23.0 Å². The summed E-state index contributed by atoms with van der Waals surface area (Å²) in [7, 11) is 0. The lowest BCUT2D eigenvalue weighted by Gasteiger charge is -2.34. The number of hydrogen-bond donors (Lipinski definition) is 3. The van der Waals surface area contributed by atoms with E-state index >= 15 is 0 Å². The number of benzene rings is 2. The minimum Gasteiger partial charge on any atom is -0.480 e. The number of carboxylic acids is 1. The molecule has 9 heteroatoms. The van der Waals surface area contributed by atoms with Crippen molar-refractivity contribution < 1.29 is 19.6 Å². The molecule has 3 heterocycles. The van der Waals surface area contributed by atoms with Gasteiger partial charge in [-0.2, -0.15) is 0 Å². The third-order valence-electron chi connectivity index (χ3n) is 6.47. The number of H-pyrrole nitrogens is 1. The highest BCUT2D eigenvalue weighted by atomic mass is 16.6. The first-order valence-corrected chi connectivity index (χ1v) is 10.6. The van der Waals surface area contributed by atoms with Crippen LogP contribution >= 0.6 is 0 Å². The smallest absolute Gasteiger partial charge is 0.326 e. The zero-order chi connectivity index (χ0) is 22.4. The quantitative estimate of drug-likeness (QED) is 0.428. The number of likely N-dealkylation sites (tertiary alicyclic amines) is 1. The topological polar surface area (TPSA) is 129 Å². The largest absolute Gasteiger partial charge is 0.480 e. The summed E-state index contributed by atoms with van der Waals surface area (Å²) >= 11 is 0. The van der Waals surface area contributed by atoms with Gasteiger partial charge >= 0.3 is 5.97 Å². The first kappa shape index (κ1) is 20.2. The number of nitrogens with one attached hydrogen (secondary N) is 2. The Morgan fingerprint density at radius 2 is 1.88 bits per heavy atom. The van der Waals surface area contributed by atoms with E-state index in [4.69, 9.17) is 0 Å². The fourth-order valence-corrected chi connectivity index (χ4v) is 4.93. The van der Waals surface area contributed by atoms with Crippen molar-refractivity contribution >= 4 is 28.5 Å². The van der Waals surface area contributed by atoms with Crippen LogP contribution in [0, 0.1) is 10.1 Å². The van der Waals surface area contributed by atoms with E-state index in [9.17, 15) is 24.8 Å². The Bertz CT molecular complexity index is 1220. The minimum atomic E-state index is -0.980. The number of hydrogen-bond acceptors (Lipinski definition) is 5. The SMILES string of the molecule is O=C(O)[C@@H]1CCCN1C(=O)[C@@H]1Cc2c([nH]c3ccccc23)[C@@H](c2ccc([N+](=O)[O-])cc2)N1. The maximum Gasteiger partial charge on any atom is 0.326 e. The molecule has 2 aliphatic rings. The summed E-state index contributed by atoms with van der Waals surface area (Å²) in [6.07, 6.45) is 1.56. The molecule has 0 aliphatic carbocycles. The van der Waals surface area contributed by atoms with Crippen LogP contribution in [-0.4, -0.2) is 50.4 Å². The molecule has 0 bridgehead atoms. The Morgan fingerprint density at radius 3 is 2.59 bits per heavy atom. The van der Waals surface area contributed by atoms with Gasteiger partial charge in [0.2, 0.25) is 5.91 Å². The van der Waals surface area contributed by atoms with Gasteiger partial charge in [0, 0.05) is 35.3 Å². The van der Waals surface area contributed by atoms with Gasteiger partial charge in [-0.3, -0.25) is 20.2 Å². The monoisotopic (exact) mass is 434 g/mol. The summed E-state index contributed by atoms with van der Waals surface area (Å²) in [6.45, 7) is 0.428. The number of carbonyl (C=O) groups is 2. The van der Waals surface area contributed by atoms with Crippen LogP contribution in [-0.2, 0) is 16.0 Å². The van der Waals surface area contributed by atoms with Crippen molar-refractivity contribution in [1.29, 1.82) is 0 Å². The minimum absolute atomic E-state index is 0.00424. The summed E-state index contributed by atoms with van der Waals surface area (Å²) in [5, 5.41) is 25.0. The van der Waals surface area contributed by atoms with Crippen molar-refractivity contribution in [3.63, 3.8) is 0 Å². The molecule has 1 saturated heterocycles. The fraction of sp³-hybridized carbons (Fsp3) is 0.304. The van der Waals surface area contributed by atoms with Crippen molar-refractivity contribution in [2.45, 2.75) is 37.4 Å². The molecule has 1 aromatic heterocycles. The summed E-state index contributed by atoms with van der Waals surface area (Å²) in [5.74, 6) is -1.20. The maximum absolute atomic E-state index is 13.4. The van der Waals surface area contributed by atoms with Gasteiger partial charge in [-0.05, 0) is 36.5 Å². The first-order valence-electron chi connectivity index (χ1n) is 10.6. The number of aliphatic carboxylic acids is 1. The van der Waals surface area contributed by atoms with Crippen LogP contribution < -0.4 is 5.32 Å². The standard InChI is InChI=1S/C23H22N4O5/c28-22(26-11-3-6-19(26)23(29)30)18-12-16-15-4-1-2-5-17(15)24-21(16)20(25-18)13-7-9-14(10-8-13)27(31)32/h1-2,4-5,7-10,18-20,24-25H,3,6,11-12H2,(H,29,30)/t18-,19-,20+/m0/s1. The predicted octanol–water partition coefficient (Wildman–Crippen LogP) is 2.76. The molecule has 164 valence electrons. The van der Waals surface area contributed by atoms with E-state index in [1.165, 1.54) is 17.0 Å². The number of para-hydroxylation sites is 1. The van der Waals surface area contributed by atoms with Gasteiger partial charge in [0.05, 0.1) is 17.0 Å². The van der Waals surface area contributed by atoms with Gasteiger partial charge in [-0.25, -0.2) is 4.79 Å². The van der Waals surface area contributed by atoms with Crippen LogP contribution in [0.2, 0.25) is 0 Å². The number of aromatic nitrogens is 1. The number of rotatable bonds is 4. The average molecular weight is 434 g/mol. The van der Waals surface area contributed by atoms with Crippen LogP contribution in [0.15, 0.2) is 48.5 Å². The molecule has 1 fully saturated rings. The van der Waals surface area contributed by atoms with Crippen molar-refractivity contribution in [3.05, 3.63) is 75.5 Å². The second kappa shape index (κ2) is 7.76. The predicted molar refractivity (Wildman–Crippen MR) is 116 cm³/mol. The molecule has 0 saturated carbocycles. The second-order valence-corrected chi connectivity index (χ2v) is 8.30. The second-order valence-electron chi connectivity index (χ2n) is 8.30. The van der Waals surface area contributed by atoms with Gasteiger partial charge in [0.1, 0.15) is 6.04 Å². The van der Waals surface area contributed by atoms with Crippen molar-refractivity contribution in [2.75, 3.05) is 6.54 Å². The van der Waals surface area contributed by atoms with Crippen molar-refractivity contribution in [3.8, 4) is 0 Å². The zero-order valence-electron chi connectivity index (χ0n) is 17.2. The number of aromatic amines is 1. The molecular weight excluding hydrogens is 412 g/mol. The van der Waals surface area contributed by atoms with Gasteiger partial charge < -0.3 is 15.0 Å². The lowest BCUT2D eigenvalue weighted by Crippen LogP contribution is -2.53. The number of fused-ring (bicyclic) bond motifs is 3. The number of non-ortho nitro benzene ring substituents is 1. The molecule has 3 aromatic rings. The van der Waals surface area contributed by atoms with Crippen LogP contribution in [0.3, 0.4) is 0 Å². The number of nitrogens with zero attached hydrogens (tertiary/aromatic N) is 2. The molecule has 2 aliphatic heterocycles. The lowest BCUT2D eigenvalue weighted by atomic mass is 9.89. The van der Waals surface area contributed by atoms with Crippen LogP contribution in [0.25, 0.3) is 10.9 Å². The van der Waals surface area contributed by atoms with Crippen molar-refractivity contribution in [2.24, 2.45) is 0 Å². The fourth-order valence-electron chi connectivity index (χ4n) is 4.93. The molecular formula is C23H22N4O5. The van der Waals surface area contributed by atoms with Crippen LogP contribution in [0.4, 0.5) is 5.69 Å². The van der Waals surface area contributed by atoms with Crippen LogP contribution in [0.1, 0.15) is 35.7 Å². The van der Waals surface area contributed by atoms with E-state index in [-0.39, 0.29) is 17.6 Å². The van der Waals surface area contributed by atoms with Crippen molar-refractivity contribution in [1.82, 2.24) is 15.2 Å².